The number of halogens is 1. The normalized spacial score (nSPS) is 16.8. The molecule has 0 aromatic heterocycles. The van der Waals surface area contributed by atoms with Gasteiger partial charge in [0.25, 0.3) is 0 Å². The van der Waals surface area contributed by atoms with E-state index in [4.69, 9.17) is 14.2 Å². The number of rotatable bonds is 37. The van der Waals surface area contributed by atoms with Crippen molar-refractivity contribution in [1.82, 2.24) is 0 Å². The van der Waals surface area contributed by atoms with Crippen molar-refractivity contribution in [3.63, 3.8) is 0 Å². The third-order valence-electron chi connectivity index (χ3n) is 14.3. The zero-order valence-corrected chi connectivity index (χ0v) is 47.4. The fourth-order valence-electron chi connectivity index (χ4n) is 9.95. The van der Waals surface area contributed by atoms with Crippen LogP contribution in [-0.4, -0.2) is 32.4 Å². The first kappa shape index (κ1) is 64.2. The third kappa shape index (κ3) is 32.8. The van der Waals surface area contributed by atoms with Gasteiger partial charge in [-0.15, -0.1) is 0 Å². The fraction of sp³-hybridized carbons (Fsp3) is 0.631. The summed E-state index contributed by atoms with van der Waals surface area (Å²) in [5.74, 6) is 1.39. The summed E-state index contributed by atoms with van der Waals surface area (Å²) in [5, 5.41) is 0. The van der Waals surface area contributed by atoms with E-state index >= 15 is 0 Å². The van der Waals surface area contributed by atoms with Crippen molar-refractivity contribution in [3.05, 3.63) is 132 Å². The highest BCUT2D eigenvalue weighted by atomic mass is 127. The summed E-state index contributed by atoms with van der Waals surface area (Å²) >= 11 is 0. The Hall–Kier alpha value is -2.91. The van der Waals surface area contributed by atoms with E-state index in [1.54, 1.807) is 0 Å². The molecule has 0 radical (unpaired) electrons. The minimum atomic E-state index is -0.612. The first-order valence-electron chi connectivity index (χ1n) is 28.5. The Balaban J connectivity index is 0.000000485. The number of benzene rings is 3. The maximum Gasteiger partial charge on any atom is 0.133 e. The lowest BCUT2D eigenvalue weighted by atomic mass is 9.83. The molecule has 2 saturated carbocycles. The summed E-state index contributed by atoms with van der Waals surface area (Å²) in [5.41, 5.74) is 3.54. The maximum absolute atomic E-state index is 10.5. The number of hydrogen-bond acceptors (Lipinski definition) is 5. The van der Waals surface area contributed by atoms with Gasteiger partial charge in [-0.25, -0.2) is 0 Å². The van der Waals surface area contributed by atoms with Gasteiger partial charge in [0.05, 0.1) is 25.2 Å². The molecule has 6 heteroatoms. The summed E-state index contributed by atoms with van der Waals surface area (Å²) in [6.07, 6.45) is 47.4. The monoisotopic (exact) mass is 1090 g/mol. The van der Waals surface area contributed by atoms with Crippen molar-refractivity contribution in [3.8, 4) is 0 Å². The molecule has 2 aliphatic rings. The molecule has 5 nitrogen and oxygen atoms in total. The second-order valence-electron chi connectivity index (χ2n) is 21.1. The standard InChI is InChI=1S/C40H60O2.C17H28O.C8H12O2.HI/c1-37-28-31-40(34-37,29-20-10-6-2-4-8-12-22-32-41-35-38-24-16-14-17-25-38)30-21-11-7-3-5-9-13-23-33-42-36-39-26-18-15-19-27-39;1-2-3-4-5-6-7-8-12-15-18-16-17-13-10-9-11-14-17;1-7-2-3-8(4-7,5-9)6-10;/h14-21,24-27,29-30,37H,2-13,22-23,28,31-36H2,1H3;9-11,13-14H,2-8,12,15-16H2,1H3;5-7H,2-4H2,1H3;1H/p-1/b29-20-,30-21-;;;. The summed E-state index contributed by atoms with van der Waals surface area (Å²) < 4.78 is 17.3. The lowest BCUT2D eigenvalue weighted by molar-refractivity contribution is -0.126. The van der Waals surface area contributed by atoms with Crippen LogP contribution < -0.4 is 24.0 Å². The lowest BCUT2D eigenvalue weighted by Gasteiger charge is -2.21. The van der Waals surface area contributed by atoms with Gasteiger partial charge in [-0.05, 0) is 112 Å². The summed E-state index contributed by atoms with van der Waals surface area (Å²) in [6.45, 7) is 11.7. The van der Waals surface area contributed by atoms with Gasteiger partial charge < -0.3 is 47.8 Å². The van der Waals surface area contributed by atoms with Gasteiger partial charge in [-0.2, -0.15) is 0 Å². The van der Waals surface area contributed by atoms with E-state index in [0.29, 0.717) is 11.3 Å². The molecule has 0 amide bonds. The van der Waals surface area contributed by atoms with Gasteiger partial charge in [-0.3, -0.25) is 0 Å². The molecule has 0 aliphatic heterocycles. The molecule has 2 atom stereocenters. The van der Waals surface area contributed by atoms with Gasteiger partial charge in [0.15, 0.2) is 0 Å². The molecule has 0 saturated heterocycles. The predicted octanol–water partition coefficient (Wildman–Crippen LogP) is 15.3. The second-order valence-corrected chi connectivity index (χ2v) is 21.1. The Kier molecular flexibility index (Phi) is 39.3. The molecule has 2 unspecified atom stereocenters. The van der Waals surface area contributed by atoms with E-state index in [0.717, 1.165) is 77.4 Å². The molecule has 0 heterocycles. The highest BCUT2D eigenvalue weighted by molar-refractivity contribution is 5.84. The number of carbonyl (C=O) groups excluding carboxylic acids is 2. The molecular weight excluding hydrogens is 988 g/mol. The van der Waals surface area contributed by atoms with Crippen molar-refractivity contribution in [2.45, 2.75) is 220 Å². The average molecular weight is 1090 g/mol. The molecule has 2 aliphatic carbocycles. The van der Waals surface area contributed by atoms with Crippen molar-refractivity contribution in [1.29, 1.82) is 0 Å². The highest BCUT2D eigenvalue weighted by Gasteiger charge is 2.37. The van der Waals surface area contributed by atoms with Crippen LogP contribution in [0.1, 0.15) is 217 Å². The predicted molar refractivity (Wildman–Crippen MR) is 297 cm³/mol. The lowest BCUT2D eigenvalue weighted by Crippen LogP contribution is -3.00. The van der Waals surface area contributed by atoms with Gasteiger partial charge in [-0.1, -0.05) is 232 Å². The molecule has 0 bridgehead atoms. The zero-order valence-electron chi connectivity index (χ0n) is 45.2. The van der Waals surface area contributed by atoms with Gasteiger partial charge in [0.1, 0.15) is 12.6 Å². The molecule has 3 aromatic carbocycles. The molecule has 3 aromatic rings. The number of hydrogen-bond donors (Lipinski definition) is 0. The van der Waals surface area contributed by atoms with E-state index in [1.165, 1.54) is 177 Å². The molecular formula is C65H100IO5-. The largest absolute Gasteiger partial charge is 1.00 e. The molecule has 71 heavy (non-hydrogen) atoms. The Labute approximate surface area is 452 Å². The maximum atomic E-state index is 10.5. The number of allylic oxidation sites excluding steroid dienone is 4. The van der Waals surface area contributed by atoms with Crippen LogP contribution in [0.3, 0.4) is 0 Å². The smallest absolute Gasteiger partial charge is 0.133 e. The zero-order chi connectivity index (χ0) is 49.9. The first-order valence-corrected chi connectivity index (χ1v) is 28.5. The van der Waals surface area contributed by atoms with E-state index in [1.807, 2.05) is 6.07 Å². The Morgan fingerprint density at radius 1 is 0.437 bits per heavy atom. The number of ether oxygens (including phenoxy) is 3. The first-order chi connectivity index (χ1) is 34.4. The third-order valence-corrected chi connectivity index (χ3v) is 14.3. The van der Waals surface area contributed by atoms with Crippen LogP contribution in [0.25, 0.3) is 0 Å². The van der Waals surface area contributed by atoms with Crippen LogP contribution in [0.5, 0.6) is 0 Å². The minimum Gasteiger partial charge on any atom is -1.00 e. The van der Waals surface area contributed by atoms with Crippen molar-refractivity contribution in [2.24, 2.45) is 22.7 Å². The van der Waals surface area contributed by atoms with Crippen molar-refractivity contribution in [2.75, 3.05) is 19.8 Å². The van der Waals surface area contributed by atoms with E-state index in [-0.39, 0.29) is 24.0 Å². The fourth-order valence-corrected chi connectivity index (χ4v) is 9.95. The SMILES string of the molecule is CC1CCC(/C=C\CCCCCCCCOCc2ccccc2)(/C=C\CCCCCCCCOCc2ccccc2)C1.CC1CCC(C=O)(C=O)C1.CCCCCCCCCCOCc1ccccc1.[I-]. The van der Waals surface area contributed by atoms with E-state index in [2.05, 4.69) is 130 Å². The van der Waals surface area contributed by atoms with Crippen LogP contribution in [-0.2, 0) is 43.6 Å². The number of carbonyl (C=O) groups is 2. The van der Waals surface area contributed by atoms with Gasteiger partial charge in [0, 0.05) is 25.2 Å². The van der Waals surface area contributed by atoms with Gasteiger partial charge >= 0.3 is 0 Å². The minimum absolute atomic E-state index is 0. The quantitative estimate of drug-likeness (QED) is 0.0189. The molecule has 2 fully saturated rings. The molecule has 398 valence electrons. The van der Waals surface area contributed by atoms with Crippen LogP contribution in [0.15, 0.2) is 115 Å². The van der Waals surface area contributed by atoms with Crippen LogP contribution >= 0.6 is 0 Å². The summed E-state index contributed by atoms with van der Waals surface area (Å²) in [6, 6.07) is 31.4. The highest BCUT2D eigenvalue weighted by Crippen LogP contribution is 2.44. The number of unbranched alkanes of at least 4 members (excludes halogenated alkanes) is 19. The Morgan fingerprint density at radius 2 is 0.746 bits per heavy atom. The Morgan fingerprint density at radius 3 is 1.04 bits per heavy atom. The van der Waals surface area contributed by atoms with Crippen LogP contribution in [0.2, 0.25) is 0 Å². The number of aldehydes is 2. The average Bonchev–Trinajstić information content (AvgIpc) is 3.97. The van der Waals surface area contributed by atoms with Crippen molar-refractivity contribution < 1.29 is 47.8 Å². The second kappa shape index (κ2) is 43.5. The van der Waals surface area contributed by atoms with E-state index < -0.39 is 5.41 Å². The molecule has 0 spiro atoms. The Bertz CT molecular complexity index is 1630. The van der Waals surface area contributed by atoms with Gasteiger partial charge in [0.2, 0.25) is 0 Å². The molecule has 0 N–H and O–H groups in total. The van der Waals surface area contributed by atoms with Crippen molar-refractivity contribution >= 4 is 12.6 Å². The topological polar surface area (TPSA) is 61.8 Å². The summed E-state index contributed by atoms with van der Waals surface area (Å²) in [4.78, 5) is 20.9. The van der Waals surface area contributed by atoms with E-state index in [9.17, 15) is 9.59 Å². The molecule has 5 rings (SSSR count). The van der Waals surface area contributed by atoms with Crippen LogP contribution in [0, 0.1) is 22.7 Å². The van der Waals surface area contributed by atoms with Crippen LogP contribution in [0.4, 0.5) is 0 Å². The summed E-state index contributed by atoms with van der Waals surface area (Å²) in [7, 11) is 0.